The van der Waals surface area contributed by atoms with Gasteiger partial charge in [0.1, 0.15) is 0 Å². The van der Waals surface area contributed by atoms with Crippen molar-refractivity contribution in [2.24, 2.45) is 0 Å². The maximum atomic E-state index is 5.75. The van der Waals surface area contributed by atoms with E-state index in [0.717, 1.165) is 17.8 Å². The Balaban J connectivity index is 0.000000640. The van der Waals surface area contributed by atoms with Crippen molar-refractivity contribution in [1.29, 1.82) is 0 Å². The van der Waals surface area contributed by atoms with E-state index >= 15 is 0 Å². The summed E-state index contributed by atoms with van der Waals surface area (Å²) in [7, 11) is 0. The Kier molecular flexibility index (Phi) is 3.79. The number of halogens is 2. The maximum Gasteiger partial charge on any atom is 0.0525 e. The monoisotopic (exact) mass is 254 g/mol. The van der Waals surface area contributed by atoms with Gasteiger partial charge < -0.3 is 5.73 Å². The van der Waals surface area contributed by atoms with Crippen LogP contribution < -0.4 is 5.73 Å². The van der Waals surface area contributed by atoms with E-state index in [2.05, 4.69) is 17.1 Å². The van der Waals surface area contributed by atoms with Crippen LogP contribution >= 0.6 is 24.8 Å². The first-order chi connectivity index (χ1) is 6.84. The summed E-state index contributed by atoms with van der Waals surface area (Å²) in [5, 5.41) is 0. The highest BCUT2D eigenvalue weighted by Gasteiger charge is 2.18. The minimum atomic E-state index is 0. The number of benzene rings is 1. The highest BCUT2D eigenvalue weighted by atomic mass is 35.5. The molecule has 1 heterocycles. The van der Waals surface area contributed by atoms with Crippen LogP contribution in [-0.2, 0) is 6.42 Å². The smallest absolute Gasteiger partial charge is 0.0525 e. The van der Waals surface area contributed by atoms with E-state index < -0.39 is 0 Å². The summed E-state index contributed by atoms with van der Waals surface area (Å²) < 4.78 is 0. The summed E-state index contributed by atoms with van der Waals surface area (Å²) in [6, 6.07) is 10.2. The second kappa shape index (κ2) is 4.73. The van der Waals surface area contributed by atoms with Crippen LogP contribution in [0.1, 0.15) is 11.3 Å². The van der Waals surface area contributed by atoms with Crippen LogP contribution in [0.15, 0.2) is 36.5 Å². The summed E-state index contributed by atoms with van der Waals surface area (Å²) in [6.45, 7) is 0. The molecular weight excluding hydrogens is 243 g/mol. The van der Waals surface area contributed by atoms with Crippen molar-refractivity contribution in [3.8, 4) is 11.1 Å². The average molecular weight is 255 g/mol. The Morgan fingerprint density at radius 1 is 1.06 bits per heavy atom. The van der Waals surface area contributed by atoms with Crippen molar-refractivity contribution in [2.75, 3.05) is 5.73 Å². The Bertz CT molecular complexity index is 512. The van der Waals surface area contributed by atoms with Gasteiger partial charge >= 0.3 is 0 Å². The molecule has 1 aromatic carbocycles. The molecule has 4 heteroatoms. The van der Waals surface area contributed by atoms with Crippen LogP contribution in [0.3, 0.4) is 0 Å². The predicted octanol–water partition coefficient (Wildman–Crippen LogP) is 3.08. The third-order valence-corrected chi connectivity index (χ3v) is 2.67. The number of hydrogen-bond acceptors (Lipinski definition) is 2. The zero-order chi connectivity index (χ0) is 9.54. The minimum absolute atomic E-state index is 0. The summed E-state index contributed by atoms with van der Waals surface area (Å²) in [5.41, 5.74) is 11.6. The van der Waals surface area contributed by atoms with E-state index in [1.54, 1.807) is 0 Å². The molecule has 0 aliphatic heterocycles. The molecule has 0 atom stereocenters. The lowest BCUT2D eigenvalue weighted by Crippen LogP contribution is -1.87. The number of hydrogen-bond donors (Lipinski definition) is 1. The number of pyridine rings is 1. The standard InChI is InChI=1S/C12H10N2.2ClH/c13-9-3-4-10-8(6-9)7-12-11(10)2-1-5-14-12;;/h1-6H,7,13H2;2*1H. The minimum Gasteiger partial charge on any atom is -0.399 e. The fourth-order valence-corrected chi connectivity index (χ4v) is 2.03. The number of anilines is 1. The van der Waals surface area contributed by atoms with Crippen molar-refractivity contribution in [3.63, 3.8) is 0 Å². The Morgan fingerprint density at radius 2 is 1.88 bits per heavy atom. The molecule has 0 amide bonds. The van der Waals surface area contributed by atoms with Gasteiger partial charge in [0.05, 0.1) is 5.69 Å². The molecular formula is C12H12Cl2N2. The van der Waals surface area contributed by atoms with Gasteiger partial charge in [-0.3, -0.25) is 4.98 Å². The normalized spacial score (nSPS) is 10.8. The molecule has 0 spiro atoms. The molecule has 0 radical (unpaired) electrons. The van der Waals surface area contributed by atoms with Gasteiger partial charge in [0, 0.05) is 23.9 Å². The molecule has 0 unspecified atom stereocenters. The number of rotatable bonds is 0. The predicted molar refractivity (Wildman–Crippen MR) is 71.4 cm³/mol. The first kappa shape index (κ1) is 12.8. The molecule has 0 fully saturated rings. The molecule has 1 aromatic heterocycles. The lowest BCUT2D eigenvalue weighted by atomic mass is 10.1. The Hall–Kier alpha value is -1.25. The Labute approximate surface area is 107 Å². The van der Waals surface area contributed by atoms with Crippen molar-refractivity contribution in [2.45, 2.75) is 6.42 Å². The fraction of sp³-hybridized carbons (Fsp3) is 0.0833. The largest absolute Gasteiger partial charge is 0.399 e. The molecule has 1 aliphatic rings. The van der Waals surface area contributed by atoms with Crippen LogP contribution in [0.2, 0.25) is 0 Å². The maximum absolute atomic E-state index is 5.75. The molecule has 84 valence electrons. The highest BCUT2D eigenvalue weighted by molar-refractivity contribution is 5.85. The first-order valence-electron chi connectivity index (χ1n) is 4.67. The quantitative estimate of drug-likeness (QED) is 0.627. The van der Waals surface area contributed by atoms with Crippen LogP contribution in [0.4, 0.5) is 5.69 Å². The summed E-state index contributed by atoms with van der Waals surface area (Å²) >= 11 is 0. The van der Waals surface area contributed by atoms with E-state index in [9.17, 15) is 0 Å². The van der Waals surface area contributed by atoms with Gasteiger partial charge in [-0.15, -0.1) is 24.8 Å². The third-order valence-electron chi connectivity index (χ3n) is 2.67. The molecule has 0 bridgehead atoms. The topological polar surface area (TPSA) is 38.9 Å². The van der Waals surface area contributed by atoms with Crippen molar-refractivity contribution >= 4 is 30.5 Å². The lowest BCUT2D eigenvalue weighted by molar-refractivity contribution is 1.12. The third kappa shape index (κ3) is 1.86. The van der Waals surface area contributed by atoms with E-state index in [0.29, 0.717) is 0 Å². The zero-order valence-electron chi connectivity index (χ0n) is 8.51. The first-order valence-corrected chi connectivity index (χ1v) is 4.67. The molecule has 1 aliphatic carbocycles. The van der Waals surface area contributed by atoms with E-state index in [1.807, 2.05) is 24.4 Å². The number of aromatic nitrogens is 1. The van der Waals surface area contributed by atoms with E-state index in [1.165, 1.54) is 16.7 Å². The number of nitrogens with two attached hydrogens (primary N) is 1. The Morgan fingerprint density at radius 3 is 2.69 bits per heavy atom. The summed E-state index contributed by atoms with van der Waals surface area (Å²) in [4.78, 5) is 4.36. The van der Waals surface area contributed by atoms with Gasteiger partial charge in [0.15, 0.2) is 0 Å². The molecule has 16 heavy (non-hydrogen) atoms. The van der Waals surface area contributed by atoms with Crippen molar-refractivity contribution < 1.29 is 0 Å². The van der Waals surface area contributed by atoms with Crippen molar-refractivity contribution in [1.82, 2.24) is 4.98 Å². The summed E-state index contributed by atoms with van der Waals surface area (Å²) in [5.74, 6) is 0. The highest BCUT2D eigenvalue weighted by Crippen LogP contribution is 2.35. The van der Waals surface area contributed by atoms with Crippen LogP contribution in [0, 0.1) is 0 Å². The zero-order valence-corrected chi connectivity index (χ0v) is 10.1. The number of nitrogens with zero attached hydrogens (tertiary/aromatic N) is 1. The van der Waals surface area contributed by atoms with Gasteiger partial charge in [-0.2, -0.15) is 0 Å². The van der Waals surface area contributed by atoms with E-state index in [-0.39, 0.29) is 24.8 Å². The SMILES string of the molecule is Cl.Cl.Nc1ccc2c(c1)Cc1ncccc1-2. The second-order valence-electron chi connectivity index (χ2n) is 3.59. The van der Waals surface area contributed by atoms with E-state index in [4.69, 9.17) is 5.73 Å². The van der Waals surface area contributed by atoms with Gasteiger partial charge in [-0.25, -0.2) is 0 Å². The molecule has 0 saturated carbocycles. The molecule has 2 aromatic rings. The molecule has 2 N–H and O–H groups in total. The number of nitrogen functional groups attached to an aromatic ring is 1. The molecule has 2 nitrogen and oxygen atoms in total. The number of fused-ring (bicyclic) bond motifs is 3. The van der Waals surface area contributed by atoms with Gasteiger partial charge in [-0.1, -0.05) is 12.1 Å². The fourth-order valence-electron chi connectivity index (χ4n) is 2.03. The van der Waals surface area contributed by atoms with Crippen molar-refractivity contribution in [3.05, 3.63) is 47.8 Å². The average Bonchev–Trinajstić information content (AvgIpc) is 2.54. The van der Waals surface area contributed by atoms with Gasteiger partial charge in [0.2, 0.25) is 0 Å². The van der Waals surface area contributed by atoms with Gasteiger partial charge in [-0.05, 0) is 29.3 Å². The molecule has 3 rings (SSSR count). The van der Waals surface area contributed by atoms with Crippen LogP contribution in [0.5, 0.6) is 0 Å². The second-order valence-corrected chi connectivity index (χ2v) is 3.59. The van der Waals surface area contributed by atoms with Crippen LogP contribution in [0.25, 0.3) is 11.1 Å². The summed E-state index contributed by atoms with van der Waals surface area (Å²) in [6.07, 6.45) is 2.75. The van der Waals surface area contributed by atoms with Gasteiger partial charge in [0.25, 0.3) is 0 Å². The lowest BCUT2D eigenvalue weighted by Gasteiger charge is -2.00. The molecule has 0 saturated heterocycles. The van der Waals surface area contributed by atoms with Crippen LogP contribution in [-0.4, -0.2) is 4.98 Å².